The topological polar surface area (TPSA) is 74.2 Å². The average molecular weight is 271 g/mol. The Labute approximate surface area is 112 Å². The number of hydrogen-bond acceptors (Lipinski definition) is 4. The zero-order chi connectivity index (χ0) is 13.6. The monoisotopic (exact) mass is 271 g/mol. The number of aliphatic hydroxyl groups excluding tert-OH is 1. The molecule has 0 radical (unpaired) electrons. The van der Waals surface area contributed by atoms with Gasteiger partial charge >= 0.3 is 6.03 Å². The summed E-state index contributed by atoms with van der Waals surface area (Å²) in [6.07, 6.45) is 2.46. The number of hydrogen-bond donors (Lipinski definition) is 3. The standard InChI is InChI=1S/C12H21N3O2S/c1-9-6-13-10(18-9)7-14-11(17)15-8-12(2,3)4-5-16/h6,16H,4-5,7-8H2,1-3H3,(H2,14,15,17). The van der Waals surface area contributed by atoms with Crippen LogP contribution in [0.25, 0.3) is 0 Å². The van der Waals surface area contributed by atoms with Crippen LogP contribution in [-0.4, -0.2) is 29.3 Å². The summed E-state index contributed by atoms with van der Waals surface area (Å²) in [6.45, 7) is 7.12. The second-order valence-corrected chi connectivity index (χ2v) is 6.36. The Bertz CT molecular complexity index is 390. The fraction of sp³-hybridized carbons (Fsp3) is 0.667. The molecule has 6 heteroatoms. The molecule has 0 aliphatic carbocycles. The Kier molecular flexibility index (Phi) is 5.55. The highest BCUT2D eigenvalue weighted by Gasteiger charge is 2.17. The second-order valence-electron chi connectivity index (χ2n) is 5.04. The van der Waals surface area contributed by atoms with Crippen LogP contribution in [0.5, 0.6) is 0 Å². The van der Waals surface area contributed by atoms with Gasteiger partial charge in [-0.3, -0.25) is 0 Å². The first-order valence-electron chi connectivity index (χ1n) is 5.97. The smallest absolute Gasteiger partial charge is 0.315 e. The van der Waals surface area contributed by atoms with Gasteiger partial charge in [0.15, 0.2) is 0 Å². The first-order chi connectivity index (χ1) is 8.43. The molecule has 18 heavy (non-hydrogen) atoms. The summed E-state index contributed by atoms with van der Waals surface area (Å²) in [5.74, 6) is 0. The molecule has 0 saturated carbocycles. The van der Waals surface area contributed by atoms with Crippen molar-refractivity contribution in [2.24, 2.45) is 5.41 Å². The van der Waals surface area contributed by atoms with E-state index in [0.29, 0.717) is 19.5 Å². The molecule has 1 aromatic rings. The van der Waals surface area contributed by atoms with Gasteiger partial charge in [-0.2, -0.15) is 0 Å². The van der Waals surface area contributed by atoms with Crippen molar-refractivity contribution in [1.29, 1.82) is 0 Å². The van der Waals surface area contributed by atoms with Gasteiger partial charge in [0.2, 0.25) is 0 Å². The quantitative estimate of drug-likeness (QED) is 0.736. The molecule has 0 aliphatic heterocycles. The Balaban J connectivity index is 2.26. The number of nitrogens with zero attached hydrogens (tertiary/aromatic N) is 1. The van der Waals surface area contributed by atoms with Crippen molar-refractivity contribution in [3.8, 4) is 0 Å². The molecule has 0 aromatic carbocycles. The third-order valence-electron chi connectivity index (χ3n) is 2.59. The van der Waals surface area contributed by atoms with Crippen LogP contribution in [0.4, 0.5) is 4.79 Å². The van der Waals surface area contributed by atoms with Gasteiger partial charge in [-0.15, -0.1) is 11.3 Å². The molecule has 0 bridgehead atoms. The first-order valence-corrected chi connectivity index (χ1v) is 6.78. The lowest BCUT2D eigenvalue weighted by Crippen LogP contribution is -2.40. The lowest BCUT2D eigenvalue weighted by molar-refractivity contribution is 0.201. The molecular weight excluding hydrogens is 250 g/mol. The average Bonchev–Trinajstić information content (AvgIpc) is 2.70. The Morgan fingerprint density at radius 3 is 2.78 bits per heavy atom. The van der Waals surface area contributed by atoms with Gasteiger partial charge in [0.1, 0.15) is 5.01 Å². The van der Waals surface area contributed by atoms with Crippen LogP contribution >= 0.6 is 11.3 Å². The summed E-state index contributed by atoms with van der Waals surface area (Å²) in [6, 6.07) is -0.200. The molecule has 0 saturated heterocycles. The van der Waals surface area contributed by atoms with Gasteiger partial charge in [0.25, 0.3) is 0 Å². The van der Waals surface area contributed by atoms with Crippen molar-refractivity contribution >= 4 is 17.4 Å². The summed E-state index contributed by atoms with van der Waals surface area (Å²) < 4.78 is 0. The molecule has 0 fully saturated rings. The Morgan fingerprint density at radius 1 is 1.50 bits per heavy atom. The van der Waals surface area contributed by atoms with Crippen molar-refractivity contribution in [3.63, 3.8) is 0 Å². The molecule has 0 atom stereocenters. The van der Waals surface area contributed by atoms with E-state index in [1.54, 1.807) is 17.5 Å². The van der Waals surface area contributed by atoms with Gasteiger partial charge in [-0.1, -0.05) is 13.8 Å². The largest absolute Gasteiger partial charge is 0.396 e. The summed E-state index contributed by atoms with van der Waals surface area (Å²) >= 11 is 1.57. The number of thiazole rings is 1. The number of urea groups is 1. The number of carbonyl (C=O) groups is 1. The summed E-state index contributed by atoms with van der Waals surface area (Å²) in [7, 11) is 0. The maximum Gasteiger partial charge on any atom is 0.315 e. The van der Waals surface area contributed by atoms with Gasteiger partial charge in [0.05, 0.1) is 6.54 Å². The molecule has 5 nitrogen and oxygen atoms in total. The van der Waals surface area contributed by atoms with Crippen molar-refractivity contribution in [2.45, 2.75) is 33.7 Å². The third kappa shape index (κ3) is 5.46. The van der Waals surface area contributed by atoms with Crippen LogP contribution in [0.3, 0.4) is 0 Å². The summed E-state index contributed by atoms with van der Waals surface area (Å²) in [5, 5.41) is 15.3. The summed E-state index contributed by atoms with van der Waals surface area (Å²) in [4.78, 5) is 16.9. The number of aromatic nitrogens is 1. The predicted molar refractivity (Wildman–Crippen MR) is 72.6 cm³/mol. The number of aliphatic hydroxyl groups is 1. The number of amides is 2. The van der Waals surface area contributed by atoms with E-state index in [2.05, 4.69) is 15.6 Å². The van der Waals surface area contributed by atoms with E-state index in [-0.39, 0.29) is 18.1 Å². The maximum absolute atomic E-state index is 11.6. The van der Waals surface area contributed by atoms with Gasteiger partial charge < -0.3 is 15.7 Å². The number of carbonyl (C=O) groups excluding carboxylic acids is 1. The van der Waals surface area contributed by atoms with E-state index in [1.165, 1.54) is 0 Å². The predicted octanol–water partition coefficient (Wildman–Crippen LogP) is 1.66. The molecule has 0 spiro atoms. The number of nitrogens with one attached hydrogen (secondary N) is 2. The zero-order valence-electron chi connectivity index (χ0n) is 11.1. The van der Waals surface area contributed by atoms with E-state index in [0.717, 1.165) is 9.88 Å². The highest BCUT2D eigenvalue weighted by atomic mass is 32.1. The SMILES string of the molecule is Cc1cnc(CNC(=O)NCC(C)(C)CCO)s1. The van der Waals surface area contributed by atoms with Crippen molar-refractivity contribution < 1.29 is 9.90 Å². The Hall–Kier alpha value is -1.14. The molecular formula is C12H21N3O2S. The zero-order valence-corrected chi connectivity index (χ0v) is 11.9. The maximum atomic E-state index is 11.6. The van der Waals surface area contributed by atoms with Crippen LogP contribution in [0.15, 0.2) is 6.20 Å². The van der Waals surface area contributed by atoms with Crippen LogP contribution in [0.1, 0.15) is 30.2 Å². The molecule has 0 unspecified atom stereocenters. The lowest BCUT2D eigenvalue weighted by Gasteiger charge is -2.23. The van der Waals surface area contributed by atoms with Crippen LogP contribution in [-0.2, 0) is 6.54 Å². The van der Waals surface area contributed by atoms with Gasteiger partial charge in [-0.25, -0.2) is 9.78 Å². The minimum absolute atomic E-state index is 0.0934. The fourth-order valence-corrected chi connectivity index (χ4v) is 2.14. The Morgan fingerprint density at radius 2 is 2.22 bits per heavy atom. The molecule has 1 aromatic heterocycles. The van der Waals surface area contributed by atoms with E-state index in [1.807, 2.05) is 20.8 Å². The van der Waals surface area contributed by atoms with Gasteiger partial charge in [0, 0.05) is 24.2 Å². The van der Waals surface area contributed by atoms with Crippen LogP contribution in [0, 0.1) is 12.3 Å². The van der Waals surface area contributed by atoms with E-state index >= 15 is 0 Å². The molecule has 3 N–H and O–H groups in total. The third-order valence-corrected chi connectivity index (χ3v) is 3.50. The van der Waals surface area contributed by atoms with Crippen molar-refractivity contribution in [2.75, 3.05) is 13.2 Å². The van der Waals surface area contributed by atoms with E-state index in [9.17, 15) is 4.79 Å². The molecule has 1 rings (SSSR count). The summed E-state index contributed by atoms with van der Waals surface area (Å²) in [5.41, 5.74) is -0.0934. The van der Waals surface area contributed by atoms with E-state index in [4.69, 9.17) is 5.11 Å². The molecule has 0 aliphatic rings. The first kappa shape index (κ1) is 14.9. The van der Waals surface area contributed by atoms with E-state index < -0.39 is 0 Å². The normalized spacial score (nSPS) is 11.3. The van der Waals surface area contributed by atoms with Gasteiger partial charge in [-0.05, 0) is 18.8 Å². The highest BCUT2D eigenvalue weighted by molar-refractivity contribution is 7.11. The minimum atomic E-state index is -0.200. The number of rotatable bonds is 6. The van der Waals surface area contributed by atoms with Crippen LogP contribution in [0.2, 0.25) is 0 Å². The fourth-order valence-electron chi connectivity index (χ4n) is 1.41. The molecule has 1 heterocycles. The van der Waals surface area contributed by atoms with Crippen molar-refractivity contribution in [1.82, 2.24) is 15.6 Å². The van der Waals surface area contributed by atoms with Crippen molar-refractivity contribution in [3.05, 3.63) is 16.1 Å². The highest BCUT2D eigenvalue weighted by Crippen LogP contribution is 2.17. The number of aryl methyl sites for hydroxylation is 1. The lowest BCUT2D eigenvalue weighted by atomic mass is 9.90. The van der Waals surface area contributed by atoms with Crippen LogP contribution < -0.4 is 10.6 Å². The second kappa shape index (κ2) is 6.70. The minimum Gasteiger partial charge on any atom is -0.396 e. The molecule has 2 amide bonds. The molecule has 102 valence electrons.